The van der Waals surface area contributed by atoms with Crippen LogP contribution in [0.5, 0.6) is 5.75 Å². The van der Waals surface area contributed by atoms with Crippen LogP contribution < -0.4 is 10.1 Å². The lowest BCUT2D eigenvalue weighted by atomic mass is 10.0. The number of nitrogens with one attached hydrogen (secondary N) is 1. The van der Waals surface area contributed by atoms with Gasteiger partial charge >= 0.3 is 5.97 Å². The topological polar surface area (TPSA) is 71.5 Å². The summed E-state index contributed by atoms with van der Waals surface area (Å²) < 4.78 is 5.22. The second kappa shape index (κ2) is 5.27. The summed E-state index contributed by atoms with van der Waals surface area (Å²) in [5.41, 5.74) is -0.673. The van der Waals surface area contributed by atoms with Crippen molar-refractivity contribution in [3.05, 3.63) is 40.8 Å². The molecule has 2 rings (SSSR count). The highest BCUT2D eigenvalue weighted by atomic mass is 32.1. The van der Waals surface area contributed by atoms with Crippen LogP contribution in [0.25, 0.3) is 0 Å². The van der Waals surface area contributed by atoms with Crippen LogP contribution >= 0.6 is 11.3 Å². The number of carboxylic acids is 1. The second-order valence-corrected chi connectivity index (χ2v) is 4.99. The maximum absolute atomic E-state index is 11.6. The highest BCUT2D eigenvalue weighted by Gasteiger charge is 2.38. The van der Waals surface area contributed by atoms with Gasteiger partial charge in [0.2, 0.25) is 0 Å². The molecular formula is C13H14N2O3S. The number of rotatable bonds is 5. The summed E-state index contributed by atoms with van der Waals surface area (Å²) in [5.74, 6) is -0.403. The van der Waals surface area contributed by atoms with Crippen LogP contribution in [0.2, 0.25) is 0 Å². The minimum absolute atomic E-state index is 0.492. The van der Waals surface area contributed by atoms with Crippen LogP contribution in [0.4, 0.5) is 5.69 Å². The van der Waals surface area contributed by atoms with Gasteiger partial charge in [-0.2, -0.15) is 0 Å². The molecule has 2 N–H and O–H groups in total. The van der Waals surface area contributed by atoms with Crippen molar-refractivity contribution in [1.29, 1.82) is 0 Å². The van der Waals surface area contributed by atoms with Crippen LogP contribution in [0.1, 0.15) is 11.9 Å². The molecule has 0 radical (unpaired) electrons. The molecular weight excluding hydrogens is 264 g/mol. The summed E-state index contributed by atoms with van der Waals surface area (Å²) in [5, 5.41) is 14.7. The largest absolute Gasteiger partial charge is 0.495 e. The van der Waals surface area contributed by atoms with Crippen molar-refractivity contribution < 1.29 is 14.6 Å². The monoisotopic (exact) mass is 278 g/mol. The van der Waals surface area contributed by atoms with Gasteiger partial charge in [0.15, 0.2) is 5.54 Å². The van der Waals surface area contributed by atoms with Gasteiger partial charge in [-0.3, -0.25) is 0 Å². The first-order valence-electron chi connectivity index (χ1n) is 5.62. The molecule has 0 saturated heterocycles. The van der Waals surface area contributed by atoms with Crippen LogP contribution in [0.3, 0.4) is 0 Å². The fourth-order valence-corrected chi connectivity index (χ4v) is 2.43. The highest BCUT2D eigenvalue weighted by molar-refractivity contribution is 7.09. The molecule has 0 fully saturated rings. The normalized spacial score (nSPS) is 13.6. The van der Waals surface area contributed by atoms with E-state index in [0.717, 1.165) is 0 Å². The number of benzene rings is 1. The van der Waals surface area contributed by atoms with Crippen LogP contribution in [-0.2, 0) is 10.3 Å². The number of methoxy groups -OCH3 is 1. The van der Waals surface area contributed by atoms with E-state index in [1.807, 2.05) is 12.1 Å². The maximum atomic E-state index is 11.6. The number of carbonyl (C=O) groups is 1. The molecule has 1 unspecified atom stereocenters. The fourth-order valence-electron chi connectivity index (χ4n) is 1.69. The van der Waals surface area contributed by atoms with Crippen molar-refractivity contribution in [1.82, 2.24) is 4.98 Å². The Bertz CT molecular complexity index is 571. The quantitative estimate of drug-likeness (QED) is 0.879. The Morgan fingerprint density at radius 2 is 2.21 bits per heavy atom. The van der Waals surface area contributed by atoms with Crippen molar-refractivity contribution in [2.75, 3.05) is 12.4 Å². The lowest BCUT2D eigenvalue weighted by Crippen LogP contribution is -2.40. The number of aliphatic carboxylic acids is 1. The number of anilines is 1. The number of ether oxygens (including phenoxy) is 1. The lowest BCUT2D eigenvalue weighted by Gasteiger charge is -2.26. The van der Waals surface area contributed by atoms with E-state index >= 15 is 0 Å². The molecule has 2 aromatic rings. The molecule has 1 aromatic carbocycles. The smallest absolute Gasteiger partial charge is 0.336 e. The average molecular weight is 278 g/mol. The van der Waals surface area contributed by atoms with Crippen molar-refractivity contribution in [2.45, 2.75) is 12.5 Å². The standard InChI is InChI=1S/C13H14N2O3S/c1-13(12(16)17,11-14-7-8-19-11)15-9-5-3-4-6-10(9)18-2/h3-8,15H,1-2H3,(H,16,17). The molecule has 0 bridgehead atoms. The zero-order valence-electron chi connectivity index (χ0n) is 10.6. The van der Waals surface area contributed by atoms with Crippen molar-refractivity contribution >= 4 is 23.0 Å². The summed E-state index contributed by atoms with van der Waals surface area (Å²) >= 11 is 1.30. The molecule has 1 atom stereocenters. The van der Waals surface area contributed by atoms with Gasteiger partial charge in [0, 0.05) is 11.6 Å². The number of carboxylic acid groups (broad SMARTS) is 1. The number of hydrogen-bond acceptors (Lipinski definition) is 5. The second-order valence-electron chi connectivity index (χ2n) is 4.09. The van der Waals surface area contributed by atoms with Crippen LogP contribution in [0.15, 0.2) is 35.8 Å². The van der Waals surface area contributed by atoms with E-state index < -0.39 is 11.5 Å². The molecule has 19 heavy (non-hydrogen) atoms. The number of thiazole rings is 1. The average Bonchev–Trinajstić information content (AvgIpc) is 2.93. The van der Waals surface area contributed by atoms with E-state index in [1.165, 1.54) is 11.3 Å². The number of para-hydroxylation sites is 2. The predicted octanol–water partition coefficient (Wildman–Crippen LogP) is 2.56. The Kier molecular flexibility index (Phi) is 3.71. The van der Waals surface area contributed by atoms with Gasteiger partial charge in [0.1, 0.15) is 10.8 Å². The summed E-state index contributed by atoms with van der Waals surface area (Å²) in [6, 6.07) is 7.18. The predicted molar refractivity (Wildman–Crippen MR) is 73.7 cm³/mol. The van der Waals surface area contributed by atoms with Gasteiger partial charge in [-0.15, -0.1) is 11.3 Å². The first-order valence-corrected chi connectivity index (χ1v) is 6.50. The van der Waals surface area contributed by atoms with Gasteiger partial charge < -0.3 is 15.2 Å². The van der Waals surface area contributed by atoms with Crippen LogP contribution in [-0.4, -0.2) is 23.2 Å². The van der Waals surface area contributed by atoms with Gasteiger partial charge in [0.05, 0.1) is 12.8 Å². The van der Waals surface area contributed by atoms with Gasteiger partial charge in [0.25, 0.3) is 0 Å². The molecule has 0 aliphatic rings. The van der Waals surface area contributed by atoms with E-state index in [2.05, 4.69) is 10.3 Å². The Hall–Kier alpha value is -2.08. The minimum atomic E-state index is -1.29. The van der Waals surface area contributed by atoms with E-state index in [4.69, 9.17) is 4.74 Å². The SMILES string of the molecule is COc1ccccc1NC(C)(C(=O)O)c1nccs1. The third-order valence-electron chi connectivity index (χ3n) is 2.78. The lowest BCUT2D eigenvalue weighted by molar-refractivity contribution is -0.142. The molecule has 0 aliphatic heterocycles. The summed E-state index contributed by atoms with van der Waals surface area (Å²) in [6.07, 6.45) is 1.59. The number of nitrogens with zero attached hydrogens (tertiary/aromatic N) is 1. The van der Waals surface area contributed by atoms with Gasteiger partial charge in [-0.25, -0.2) is 9.78 Å². The first kappa shape index (κ1) is 13.4. The first-order chi connectivity index (χ1) is 9.08. The van der Waals surface area contributed by atoms with Crippen molar-refractivity contribution in [2.24, 2.45) is 0 Å². The number of hydrogen-bond donors (Lipinski definition) is 2. The molecule has 5 nitrogen and oxygen atoms in total. The summed E-state index contributed by atoms with van der Waals surface area (Å²) in [7, 11) is 1.54. The Balaban J connectivity index is 2.40. The van der Waals surface area contributed by atoms with Gasteiger partial charge in [-0.05, 0) is 19.1 Å². The van der Waals surface area contributed by atoms with Gasteiger partial charge in [-0.1, -0.05) is 12.1 Å². The Labute approximate surface area is 114 Å². The summed E-state index contributed by atoms with van der Waals surface area (Å²) in [6.45, 7) is 1.58. The zero-order valence-corrected chi connectivity index (χ0v) is 11.4. The maximum Gasteiger partial charge on any atom is 0.336 e. The highest BCUT2D eigenvalue weighted by Crippen LogP contribution is 2.32. The van der Waals surface area contributed by atoms with Crippen molar-refractivity contribution in [3.63, 3.8) is 0 Å². The van der Waals surface area contributed by atoms with Crippen molar-refractivity contribution in [3.8, 4) is 5.75 Å². The number of aromatic nitrogens is 1. The molecule has 100 valence electrons. The summed E-state index contributed by atoms with van der Waals surface area (Å²) in [4.78, 5) is 15.7. The molecule has 0 aliphatic carbocycles. The minimum Gasteiger partial charge on any atom is -0.495 e. The molecule has 1 aromatic heterocycles. The van der Waals surface area contributed by atoms with E-state index in [-0.39, 0.29) is 0 Å². The fraction of sp³-hybridized carbons (Fsp3) is 0.231. The van der Waals surface area contributed by atoms with E-state index in [1.54, 1.807) is 37.7 Å². The molecule has 0 spiro atoms. The third-order valence-corrected chi connectivity index (χ3v) is 3.77. The Morgan fingerprint density at radius 3 is 2.79 bits per heavy atom. The third kappa shape index (κ3) is 2.53. The zero-order chi connectivity index (χ0) is 13.9. The Morgan fingerprint density at radius 1 is 1.47 bits per heavy atom. The van der Waals surface area contributed by atoms with E-state index in [9.17, 15) is 9.90 Å². The molecule has 1 heterocycles. The molecule has 0 amide bonds. The molecule has 0 saturated carbocycles. The van der Waals surface area contributed by atoms with E-state index in [0.29, 0.717) is 16.4 Å². The van der Waals surface area contributed by atoms with Crippen LogP contribution in [0, 0.1) is 0 Å². The molecule has 6 heteroatoms.